The van der Waals surface area contributed by atoms with Crippen molar-refractivity contribution in [2.24, 2.45) is 5.92 Å². The van der Waals surface area contributed by atoms with Gasteiger partial charge in [0.1, 0.15) is 0 Å². The van der Waals surface area contributed by atoms with E-state index in [9.17, 15) is 9.59 Å². The van der Waals surface area contributed by atoms with E-state index in [0.29, 0.717) is 23.7 Å². The maximum Gasteiger partial charge on any atom is 0.325 e. The minimum atomic E-state index is -1.11. The molecule has 0 saturated carbocycles. The Labute approximate surface area is 156 Å². The summed E-state index contributed by atoms with van der Waals surface area (Å²) in [4.78, 5) is 35.9. The minimum absolute atomic E-state index is 0.0127. The van der Waals surface area contributed by atoms with Crippen LogP contribution in [0.4, 0.5) is 4.79 Å². The molecular formula is C18H22N6O3. The Hall–Kier alpha value is -2.81. The number of piperidine rings is 1. The number of nitrogens with one attached hydrogen (secondary N) is 2. The van der Waals surface area contributed by atoms with Gasteiger partial charge in [0.05, 0.1) is 6.54 Å². The second-order valence-electron chi connectivity index (χ2n) is 6.85. The number of aryl methyl sites for hydroxylation is 1. The summed E-state index contributed by atoms with van der Waals surface area (Å²) in [7, 11) is 0. The molecule has 4 heterocycles. The molecule has 2 fully saturated rings. The number of rotatable bonds is 5. The number of urea groups is 1. The van der Waals surface area contributed by atoms with Crippen molar-refractivity contribution in [3.05, 3.63) is 41.8 Å². The highest BCUT2D eigenvalue weighted by Gasteiger charge is 2.57. The van der Waals surface area contributed by atoms with Gasteiger partial charge in [0.25, 0.3) is 5.91 Å². The van der Waals surface area contributed by atoms with Crippen LogP contribution in [-0.2, 0) is 23.3 Å². The van der Waals surface area contributed by atoms with E-state index in [1.54, 1.807) is 18.5 Å². The Kier molecular flexibility index (Phi) is 4.61. The van der Waals surface area contributed by atoms with E-state index in [2.05, 4.69) is 25.8 Å². The number of hydrogen-bond acceptors (Lipinski definition) is 7. The molecule has 2 saturated heterocycles. The lowest BCUT2D eigenvalue weighted by Crippen LogP contribution is -2.53. The Morgan fingerprint density at radius 3 is 2.81 bits per heavy atom. The van der Waals surface area contributed by atoms with E-state index in [1.165, 1.54) is 4.90 Å². The summed E-state index contributed by atoms with van der Waals surface area (Å²) in [5.41, 5.74) is -0.398. The molecule has 3 amide bonds. The Balaban J connectivity index is 1.69. The molecule has 142 valence electrons. The zero-order valence-electron chi connectivity index (χ0n) is 15.1. The number of aromatic nitrogens is 3. The fourth-order valence-electron chi connectivity index (χ4n) is 3.94. The summed E-state index contributed by atoms with van der Waals surface area (Å²) < 4.78 is 5.10. The highest BCUT2D eigenvalue weighted by atomic mass is 16.5. The third-order valence-electron chi connectivity index (χ3n) is 5.31. The molecule has 27 heavy (non-hydrogen) atoms. The molecule has 1 atom stereocenters. The van der Waals surface area contributed by atoms with Crippen molar-refractivity contribution >= 4 is 11.9 Å². The van der Waals surface area contributed by atoms with Crippen molar-refractivity contribution < 1.29 is 14.1 Å². The molecule has 9 nitrogen and oxygen atoms in total. The fourth-order valence-corrected chi connectivity index (χ4v) is 3.94. The third kappa shape index (κ3) is 2.97. The summed E-state index contributed by atoms with van der Waals surface area (Å²) in [6.45, 7) is 3.50. The van der Waals surface area contributed by atoms with Crippen LogP contribution in [0.25, 0.3) is 0 Å². The molecule has 2 aromatic heterocycles. The van der Waals surface area contributed by atoms with Crippen LogP contribution < -0.4 is 10.6 Å². The van der Waals surface area contributed by atoms with Gasteiger partial charge in [-0.05, 0) is 37.9 Å². The first-order valence-corrected chi connectivity index (χ1v) is 9.22. The normalized spacial score (nSPS) is 23.7. The SMILES string of the molecule is CCc1nc(CN2C(=O)N[C@@](c3cccnc3)(C3CCNCC3)C2=O)no1. The lowest BCUT2D eigenvalue weighted by atomic mass is 9.74. The Morgan fingerprint density at radius 1 is 1.33 bits per heavy atom. The van der Waals surface area contributed by atoms with Crippen LogP contribution in [0, 0.1) is 5.92 Å². The van der Waals surface area contributed by atoms with Crippen LogP contribution in [0.3, 0.4) is 0 Å². The highest BCUT2D eigenvalue weighted by Crippen LogP contribution is 2.40. The van der Waals surface area contributed by atoms with Gasteiger partial charge in [-0.25, -0.2) is 4.79 Å². The molecule has 2 N–H and O–H groups in total. The Morgan fingerprint density at radius 2 is 2.15 bits per heavy atom. The standard InChI is InChI=1S/C18H22N6O3/c1-2-15-21-14(23-27-15)11-24-16(25)18(22-17(24)26,12-5-8-19-9-6-12)13-4-3-7-20-10-13/h3-4,7,10,12,19H,2,5-6,8-9,11H2,1H3,(H,22,26)/t18-/m1/s1. The quantitative estimate of drug-likeness (QED) is 0.754. The zero-order chi connectivity index (χ0) is 18.9. The number of hydrogen-bond donors (Lipinski definition) is 2. The first-order valence-electron chi connectivity index (χ1n) is 9.22. The lowest BCUT2D eigenvalue weighted by molar-refractivity contribution is -0.134. The maximum atomic E-state index is 13.5. The molecule has 0 spiro atoms. The van der Waals surface area contributed by atoms with Gasteiger partial charge in [-0.15, -0.1) is 0 Å². The van der Waals surface area contributed by atoms with Gasteiger partial charge < -0.3 is 15.2 Å². The van der Waals surface area contributed by atoms with Gasteiger partial charge in [0, 0.05) is 24.4 Å². The van der Waals surface area contributed by atoms with Crippen molar-refractivity contribution in [2.75, 3.05) is 13.1 Å². The van der Waals surface area contributed by atoms with Crippen LogP contribution >= 0.6 is 0 Å². The molecule has 0 unspecified atom stereocenters. The molecule has 2 aliphatic heterocycles. The predicted octanol–water partition coefficient (Wildman–Crippen LogP) is 0.974. The molecule has 0 aliphatic carbocycles. The van der Waals surface area contributed by atoms with Crippen molar-refractivity contribution in [1.29, 1.82) is 0 Å². The van der Waals surface area contributed by atoms with Crippen LogP contribution in [-0.4, -0.2) is 45.1 Å². The summed E-state index contributed by atoms with van der Waals surface area (Å²) >= 11 is 0. The van der Waals surface area contributed by atoms with Gasteiger partial charge in [-0.3, -0.25) is 14.7 Å². The van der Waals surface area contributed by atoms with Gasteiger partial charge in [0.15, 0.2) is 11.4 Å². The van der Waals surface area contributed by atoms with E-state index in [4.69, 9.17) is 4.52 Å². The second-order valence-corrected chi connectivity index (χ2v) is 6.85. The van der Waals surface area contributed by atoms with E-state index >= 15 is 0 Å². The average molecular weight is 370 g/mol. The molecule has 2 aromatic rings. The fraction of sp³-hybridized carbons (Fsp3) is 0.500. The summed E-state index contributed by atoms with van der Waals surface area (Å²) in [6.07, 6.45) is 5.49. The molecule has 0 aromatic carbocycles. The molecule has 9 heteroatoms. The van der Waals surface area contributed by atoms with Crippen LogP contribution in [0.5, 0.6) is 0 Å². The van der Waals surface area contributed by atoms with Crippen LogP contribution in [0.1, 0.15) is 37.0 Å². The van der Waals surface area contributed by atoms with Crippen molar-refractivity contribution in [3.63, 3.8) is 0 Å². The number of pyridine rings is 1. The average Bonchev–Trinajstić information content (AvgIpc) is 3.28. The monoisotopic (exact) mass is 370 g/mol. The lowest BCUT2D eigenvalue weighted by Gasteiger charge is -2.37. The van der Waals surface area contributed by atoms with Crippen molar-refractivity contribution in [2.45, 2.75) is 38.3 Å². The number of amides is 3. The van der Waals surface area contributed by atoms with E-state index < -0.39 is 11.6 Å². The van der Waals surface area contributed by atoms with E-state index in [-0.39, 0.29) is 18.4 Å². The van der Waals surface area contributed by atoms with Crippen molar-refractivity contribution in [3.8, 4) is 0 Å². The number of carbonyl (C=O) groups is 2. The number of carbonyl (C=O) groups excluding carboxylic acids is 2. The third-order valence-corrected chi connectivity index (χ3v) is 5.31. The van der Waals surface area contributed by atoms with Gasteiger partial charge in [-0.1, -0.05) is 18.1 Å². The largest absolute Gasteiger partial charge is 0.339 e. The topological polar surface area (TPSA) is 113 Å². The second kappa shape index (κ2) is 7.07. The van der Waals surface area contributed by atoms with Crippen molar-refractivity contribution in [1.82, 2.24) is 30.7 Å². The van der Waals surface area contributed by atoms with E-state index in [1.807, 2.05) is 13.0 Å². The molecule has 0 bridgehead atoms. The summed E-state index contributed by atoms with van der Waals surface area (Å²) in [5.74, 6) is 0.507. The first-order chi connectivity index (χ1) is 13.1. The smallest absolute Gasteiger partial charge is 0.325 e. The maximum absolute atomic E-state index is 13.5. The minimum Gasteiger partial charge on any atom is -0.339 e. The predicted molar refractivity (Wildman–Crippen MR) is 94.3 cm³/mol. The summed E-state index contributed by atoms with van der Waals surface area (Å²) in [6, 6.07) is 3.19. The van der Waals surface area contributed by atoms with Gasteiger partial charge in [0.2, 0.25) is 5.89 Å². The highest BCUT2D eigenvalue weighted by molar-refractivity contribution is 6.07. The van der Waals surface area contributed by atoms with Gasteiger partial charge in [-0.2, -0.15) is 4.98 Å². The molecule has 0 radical (unpaired) electrons. The zero-order valence-corrected chi connectivity index (χ0v) is 15.1. The van der Waals surface area contributed by atoms with E-state index in [0.717, 1.165) is 25.9 Å². The number of imide groups is 1. The number of nitrogens with zero attached hydrogens (tertiary/aromatic N) is 4. The summed E-state index contributed by atoms with van der Waals surface area (Å²) in [5, 5.41) is 10.2. The molecule has 4 rings (SSSR count). The molecule has 2 aliphatic rings. The first kappa shape index (κ1) is 17.6. The Bertz CT molecular complexity index is 833. The molecular weight excluding hydrogens is 348 g/mol. The van der Waals surface area contributed by atoms with Crippen LogP contribution in [0.15, 0.2) is 29.0 Å². The van der Waals surface area contributed by atoms with Crippen LogP contribution in [0.2, 0.25) is 0 Å². The van der Waals surface area contributed by atoms with Gasteiger partial charge >= 0.3 is 6.03 Å².